The van der Waals surface area contributed by atoms with Gasteiger partial charge in [0.2, 0.25) is 0 Å². The normalized spacial score (nSPS) is 13.1. The Labute approximate surface area is 103 Å². The molecule has 0 saturated heterocycles. The number of rotatable bonds is 2. The monoisotopic (exact) mass is 243 g/mol. The lowest BCUT2D eigenvalue weighted by molar-refractivity contribution is 0.788. The highest BCUT2D eigenvalue weighted by atomic mass is 15.3. The van der Waals surface area contributed by atoms with Crippen molar-refractivity contribution in [2.75, 3.05) is 0 Å². The molecule has 1 unspecified atom stereocenters. The molecule has 3 aromatic heterocycles. The number of fused-ring (bicyclic) bond motifs is 1. The van der Waals surface area contributed by atoms with E-state index in [1.807, 2.05) is 13.8 Å². The Kier molecular flexibility index (Phi) is 2.34. The molecule has 92 valence electrons. The van der Waals surface area contributed by atoms with E-state index in [9.17, 15) is 0 Å². The Hall–Kier alpha value is -2.28. The van der Waals surface area contributed by atoms with E-state index in [4.69, 9.17) is 5.73 Å². The van der Waals surface area contributed by atoms with Crippen molar-refractivity contribution in [3.05, 3.63) is 30.1 Å². The second kappa shape index (κ2) is 3.88. The molecule has 1 atom stereocenters. The maximum Gasteiger partial charge on any atom is 0.182 e. The lowest BCUT2D eigenvalue weighted by Gasteiger charge is -2.06. The van der Waals surface area contributed by atoms with E-state index in [0.29, 0.717) is 11.5 Å². The van der Waals surface area contributed by atoms with Crippen LogP contribution in [0.2, 0.25) is 0 Å². The molecule has 3 rings (SSSR count). The van der Waals surface area contributed by atoms with E-state index in [2.05, 4.69) is 25.0 Å². The molecule has 0 aliphatic heterocycles. The average molecular weight is 243 g/mol. The Morgan fingerprint density at radius 3 is 2.89 bits per heavy atom. The van der Waals surface area contributed by atoms with Crippen LogP contribution in [0.4, 0.5) is 0 Å². The van der Waals surface area contributed by atoms with E-state index in [1.165, 1.54) is 6.33 Å². The van der Waals surface area contributed by atoms with Gasteiger partial charge in [0, 0.05) is 17.3 Å². The summed E-state index contributed by atoms with van der Waals surface area (Å²) in [6.45, 7) is 3.90. The first-order valence-corrected chi connectivity index (χ1v) is 5.63. The molecular formula is C11H13N7. The maximum absolute atomic E-state index is 5.89. The third-order valence-corrected chi connectivity index (χ3v) is 2.94. The van der Waals surface area contributed by atoms with Crippen molar-refractivity contribution < 1.29 is 0 Å². The third-order valence-electron chi connectivity index (χ3n) is 2.94. The number of hydrogen-bond acceptors (Lipinski definition) is 5. The number of H-pyrrole nitrogens is 1. The van der Waals surface area contributed by atoms with Crippen LogP contribution in [0.1, 0.15) is 24.2 Å². The van der Waals surface area contributed by atoms with Gasteiger partial charge in [0.05, 0.1) is 12.5 Å². The number of hydrogen-bond donors (Lipinski definition) is 2. The molecule has 0 fully saturated rings. The fraction of sp³-hybridized carbons (Fsp3) is 0.273. The predicted octanol–water partition coefficient (Wildman–Crippen LogP) is 0.867. The highest BCUT2D eigenvalue weighted by Gasteiger charge is 2.15. The molecule has 0 aliphatic carbocycles. The van der Waals surface area contributed by atoms with Crippen molar-refractivity contribution in [2.24, 2.45) is 5.73 Å². The molecule has 0 spiro atoms. The first-order chi connectivity index (χ1) is 8.68. The summed E-state index contributed by atoms with van der Waals surface area (Å²) in [6, 6.07) is -0.0576. The fourth-order valence-electron chi connectivity index (χ4n) is 2.00. The summed E-state index contributed by atoms with van der Waals surface area (Å²) in [6.07, 6.45) is 4.84. The Bertz CT molecular complexity index is 694. The molecule has 0 saturated carbocycles. The molecule has 0 aromatic carbocycles. The molecule has 0 amide bonds. The Morgan fingerprint density at radius 1 is 1.33 bits per heavy atom. The van der Waals surface area contributed by atoms with Gasteiger partial charge in [0.15, 0.2) is 11.5 Å². The van der Waals surface area contributed by atoms with Crippen LogP contribution < -0.4 is 5.73 Å². The van der Waals surface area contributed by atoms with Gasteiger partial charge in [-0.25, -0.2) is 19.6 Å². The number of aromatic nitrogens is 6. The lowest BCUT2D eigenvalue weighted by Crippen LogP contribution is -2.08. The SMILES string of the molecule is Cc1c(C(C)N)cnn1-c1ncnc2nc[nH]c12. The van der Waals surface area contributed by atoms with Crippen LogP contribution in [0.25, 0.3) is 17.0 Å². The van der Waals surface area contributed by atoms with Gasteiger partial charge in [-0.05, 0) is 13.8 Å². The van der Waals surface area contributed by atoms with Gasteiger partial charge in [0.25, 0.3) is 0 Å². The van der Waals surface area contributed by atoms with E-state index >= 15 is 0 Å². The quantitative estimate of drug-likeness (QED) is 0.695. The number of nitrogens with zero attached hydrogens (tertiary/aromatic N) is 5. The summed E-state index contributed by atoms with van der Waals surface area (Å²) in [7, 11) is 0. The summed E-state index contributed by atoms with van der Waals surface area (Å²) >= 11 is 0. The van der Waals surface area contributed by atoms with Crippen LogP contribution in [-0.2, 0) is 0 Å². The van der Waals surface area contributed by atoms with Crippen molar-refractivity contribution >= 4 is 11.2 Å². The molecule has 3 aromatic rings. The van der Waals surface area contributed by atoms with E-state index in [1.54, 1.807) is 17.2 Å². The molecule has 3 N–H and O–H groups in total. The largest absolute Gasteiger partial charge is 0.340 e. The van der Waals surface area contributed by atoms with Crippen LogP contribution >= 0.6 is 0 Å². The van der Waals surface area contributed by atoms with Crippen molar-refractivity contribution in [3.63, 3.8) is 0 Å². The van der Waals surface area contributed by atoms with E-state index in [0.717, 1.165) is 16.8 Å². The smallest absolute Gasteiger partial charge is 0.182 e. The lowest BCUT2D eigenvalue weighted by atomic mass is 10.1. The average Bonchev–Trinajstić information content (AvgIpc) is 2.94. The zero-order chi connectivity index (χ0) is 12.7. The minimum Gasteiger partial charge on any atom is -0.340 e. The van der Waals surface area contributed by atoms with Gasteiger partial charge in [-0.1, -0.05) is 0 Å². The van der Waals surface area contributed by atoms with Crippen molar-refractivity contribution in [1.82, 2.24) is 29.7 Å². The summed E-state index contributed by atoms with van der Waals surface area (Å²) in [5, 5.41) is 4.34. The number of imidazole rings is 1. The second-order valence-corrected chi connectivity index (χ2v) is 4.18. The standard InChI is InChI=1S/C11H13N7/c1-6(12)8-3-17-18(7(8)2)11-9-10(14-4-13-9)15-5-16-11/h3-6H,12H2,1-2H3,(H,13,14,15,16). The van der Waals surface area contributed by atoms with Crippen LogP contribution in [0, 0.1) is 6.92 Å². The van der Waals surface area contributed by atoms with Gasteiger partial charge >= 0.3 is 0 Å². The molecule has 18 heavy (non-hydrogen) atoms. The summed E-state index contributed by atoms with van der Waals surface area (Å²) < 4.78 is 1.75. The highest BCUT2D eigenvalue weighted by Crippen LogP contribution is 2.20. The van der Waals surface area contributed by atoms with Crippen molar-refractivity contribution in [3.8, 4) is 5.82 Å². The third kappa shape index (κ3) is 1.48. The zero-order valence-electron chi connectivity index (χ0n) is 10.1. The summed E-state index contributed by atoms with van der Waals surface area (Å²) in [4.78, 5) is 15.5. The van der Waals surface area contributed by atoms with Gasteiger partial charge < -0.3 is 10.7 Å². The van der Waals surface area contributed by atoms with Crippen LogP contribution in [0.5, 0.6) is 0 Å². The first-order valence-electron chi connectivity index (χ1n) is 5.63. The fourth-order valence-corrected chi connectivity index (χ4v) is 2.00. The number of nitrogens with two attached hydrogens (primary N) is 1. The van der Waals surface area contributed by atoms with Gasteiger partial charge in [0.1, 0.15) is 11.8 Å². The minimum atomic E-state index is -0.0576. The molecule has 0 bridgehead atoms. The Balaban J connectivity index is 2.23. The maximum atomic E-state index is 5.89. The zero-order valence-corrected chi connectivity index (χ0v) is 10.1. The number of nitrogens with one attached hydrogen (secondary N) is 1. The van der Waals surface area contributed by atoms with E-state index in [-0.39, 0.29) is 6.04 Å². The van der Waals surface area contributed by atoms with Gasteiger partial charge in [-0.2, -0.15) is 5.10 Å². The van der Waals surface area contributed by atoms with Crippen molar-refractivity contribution in [2.45, 2.75) is 19.9 Å². The van der Waals surface area contributed by atoms with Gasteiger partial charge in [-0.3, -0.25) is 0 Å². The van der Waals surface area contributed by atoms with Gasteiger partial charge in [-0.15, -0.1) is 0 Å². The molecule has 0 radical (unpaired) electrons. The molecule has 7 heteroatoms. The first kappa shape index (κ1) is 10.8. The van der Waals surface area contributed by atoms with Crippen LogP contribution in [-0.4, -0.2) is 29.7 Å². The molecule has 3 heterocycles. The molecule has 0 aliphatic rings. The second-order valence-electron chi connectivity index (χ2n) is 4.18. The van der Waals surface area contributed by atoms with Crippen LogP contribution in [0.3, 0.4) is 0 Å². The highest BCUT2D eigenvalue weighted by molar-refractivity contribution is 5.77. The topological polar surface area (TPSA) is 98.3 Å². The Morgan fingerprint density at radius 2 is 2.17 bits per heavy atom. The summed E-state index contributed by atoms with van der Waals surface area (Å²) in [5.41, 5.74) is 9.25. The number of aromatic amines is 1. The van der Waals surface area contributed by atoms with E-state index < -0.39 is 0 Å². The molecular weight excluding hydrogens is 230 g/mol. The van der Waals surface area contributed by atoms with Crippen LogP contribution in [0.15, 0.2) is 18.9 Å². The molecule has 7 nitrogen and oxygen atoms in total. The minimum absolute atomic E-state index is 0.0576. The van der Waals surface area contributed by atoms with Crippen molar-refractivity contribution in [1.29, 1.82) is 0 Å². The predicted molar refractivity (Wildman–Crippen MR) is 66.1 cm³/mol. The summed E-state index contributed by atoms with van der Waals surface area (Å²) in [5.74, 6) is 0.682.